The number of amides is 1. The van der Waals surface area contributed by atoms with Gasteiger partial charge in [0.25, 0.3) is 0 Å². The van der Waals surface area contributed by atoms with Gasteiger partial charge < -0.3 is 15.8 Å². The van der Waals surface area contributed by atoms with E-state index in [9.17, 15) is 4.79 Å². The van der Waals surface area contributed by atoms with Crippen molar-refractivity contribution in [3.8, 4) is 5.75 Å². The highest BCUT2D eigenvalue weighted by Gasteiger charge is 2.19. The summed E-state index contributed by atoms with van der Waals surface area (Å²) in [4.78, 5) is 11.8. The number of benzene rings is 1. The van der Waals surface area contributed by atoms with E-state index in [1.54, 1.807) is 7.11 Å². The summed E-state index contributed by atoms with van der Waals surface area (Å²) in [5, 5.41) is 2.91. The van der Waals surface area contributed by atoms with Crippen LogP contribution in [0.5, 0.6) is 5.75 Å². The van der Waals surface area contributed by atoms with Gasteiger partial charge in [-0.2, -0.15) is 0 Å². The van der Waals surface area contributed by atoms with Crippen molar-refractivity contribution in [2.75, 3.05) is 7.11 Å². The van der Waals surface area contributed by atoms with Gasteiger partial charge in [-0.1, -0.05) is 26.0 Å². The number of methoxy groups -OCH3 is 1. The largest absolute Gasteiger partial charge is 0.497 e. The lowest BCUT2D eigenvalue weighted by Gasteiger charge is -2.20. The summed E-state index contributed by atoms with van der Waals surface area (Å²) < 4.78 is 5.09. The molecule has 0 heterocycles. The molecule has 0 aromatic heterocycles. The summed E-state index contributed by atoms with van der Waals surface area (Å²) in [6.07, 6.45) is 0. The van der Waals surface area contributed by atoms with Crippen LogP contribution in [-0.4, -0.2) is 19.1 Å². The Morgan fingerprint density at radius 1 is 1.22 bits per heavy atom. The van der Waals surface area contributed by atoms with Crippen LogP contribution in [0.1, 0.15) is 32.4 Å². The summed E-state index contributed by atoms with van der Waals surface area (Å²) in [5.74, 6) is 0.817. The van der Waals surface area contributed by atoms with Crippen LogP contribution in [0, 0.1) is 5.92 Å². The second-order valence-electron chi connectivity index (χ2n) is 4.77. The summed E-state index contributed by atoms with van der Waals surface area (Å²) in [5.41, 5.74) is 6.83. The fourth-order valence-corrected chi connectivity index (χ4v) is 1.59. The number of hydrogen-bond donors (Lipinski definition) is 2. The maximum absolute atomic E-state index is 11.8. The predicted octanol–water partition coefficient (Wildman–Crippen LogP) is 1.86. The lowest BCUT2D eigenvalue weighted by atomic mass is 10.0. The number of nitrogens with two attached hydrogens (primary N) is 1. The van der Waals surface area contributed by atoms with Gasteiger partial charge in [0.2, 0.25) is 5.91 Å². The minimum atomic E-state index is -0.467. The molecule has 1 amide bonds. The SMILES string of the molecule is COc1ccc([C@@H](C)NC(=O)[C@H](N)C(C)C)cc1. The van der Waals surface area contributed by atoms with Crippen LogP contribution in [0.2, 0.25) is 0 Å². The third-order valence-corrected chi connectivity index (χ3v) is 3.00. The van der Waals surface area contributed by atoms with E-state index in [0.717, 1.165) is 11.3 Å². The first-order valence-electron chi connectivity index (χ1n) is 6.15. The lowest BCUT2D eigenvalue weighted by Crippen LogP contribution is -2.44. The Balaban J connectivity index is 2.64. The van der Waals surface area contributed by atoms with E-state index < -0.39 is 6.04 Å². The van der Waals surface area contributed by atoms with Crippen LogP contribution in [0.3, 0.4) is 0 Å². The van der Waals surface area contributed by atoms with Gasteiger partial charge in [0.15, 0.2) is 0 Å². The smallest absolute Gasteiger partial charge is 0.237 e. The van der Waals surface area contributed by atoms with E-state index in [1.165, 1.54) is 0 Å². The molecule has 100 valence electrons. The molecule has 1 aromatic carbocycles. The summed E-state index contributed by atoms with van der Waals surface area (Å²) in [7, 11) is 1.63. The number of carbonyl (C=O) groups is 1. The number of hydrogen-bond acceptors (Lipinski definition) is 3. The summed E-state index contributed by atoms with van der Waals surface area (Å²) >= 11 is 0. The third kappa shape index (κ3) is 3.74. The highest BCUT2D eigenvalue weighted by Crippen LogP contribution is 2.17. The molecule has 0 aliphatic rings. The Labute approximate surface area is 109 Å². The molecule has 18 heavy (non-hydrogen) atoms. The van der Waals surface area contributed by atoms with Gasteiger partial charge in [-0.15, -0.1) is 0 Å². The van der Waals surface area contributed by atoms with Gasteiger partial charge in [0, 0.05) is 0 Å². The van der Waals surface area contributed by atoms with Crippen LogP contribution < -0.4 is 15.8 Å². The number of nitrogens with one attached hydrogen (secondary N) is 1. The second-order valence-corrected chi connectivity index (χ2v) is 4.77. The molecule has 1 aromatic rings. The van der Waals surface area contributed by atoms with Crippen molar-refractivity contribution in [3.63, 3.8) is 0 Å². The van der Waals surface area contributed by atoms with Crippen LogP contribution >= 0.6 is 0 Å². The standard InChI is InChI=1S/C14H22N2O2/c1-9(2)13(15)14(17)16-10(3)11-5-7-12(18-4)8-6-11/h5-10,13H,15H2,1-4H3,(H,16,17)/t10-,13-/m1/s1. The minimum absolute atomic E-state index is 0.0618. The fourth-order valence-electron chi connectivity index (χ4n) is 1.59. The molecule has 0 fully saturated rings. The van der Waals surface area contributed by atoms with Crippen molar-refractivity contribution in [2.45, 2.75) is 32.9 Å². The molecular weight excluding hydrogens is 228 g/mol. The average molecular weight is 250 g/mol. The summed E-state index contributed by atoms with van der Waals surface area (Å²) in [6.45, 7) is 5.80. The Kier molecular flexibility index (Phi) is 5.16. The van der Waals surface area contributed by atoms with E-state index in [-0.39, 0.29) is 17.9 Å². The Hall–Kier alpha value is -1.55. The molecule has 0 spiro atoms. The Morgan fingerprint density at radius 3 is 2.22 bits per heavy atom. The highest BCUT2D eigenvalue weighted by atomic mass is 16.5. The Morgan fingerprint density at radius 2 is 1.78 bits per heavy atom. The van der Waals surface area contributed by atoms with E-state index in [2.05, 4.69) is 5.32 Å². The molecule has 0 bridgehead atoms. The monoisotopic (exact) mass is 250 g/mol. The van der Waals surface area contributed by atoms with Crippen molar-refractivity contribution in [1.29, 1.82) is 0 Å². The van der Waals surface area contributed by atoms with Gasteiger partial charge in [-0.05, 0) is 30.5 Å². The number of ether oxygens (including phenoxy) is 1. The van der Waals surface area contributed by atoms with Gasteiger partial charge in [-0.25, -0.2) is 0 Å². The van der Waals surface area contributed by atoms with Gasteiger partial charge >= 0.3 is 0 Å². The molecule has 4 heteroatoms. The van der Waals surface area contributed by atoms with Gasteiger partial charge in [0.1, 0.15) is 5.75 Å². The zero-order valence-electron chi connectivity index (χ0n) is 11.4. The maximum atomic E-state index is 11.8. The predicted molar refractivity (Wildman–Crippen MR) is 72.4 cm³/mol. The fraction of sp³-hybridized carbons (Fsp3) is 0.500. The zero-order chi connectivity index (χ0) is 13.7. The lowest BCUT2D eigenvalue weighted by molar-refractivity contribution is -0.123. The molecule has 0 saturated heterocycles. The van der Waals surface area contributed by atoms with E-state index >= 15 is 0 Å². The molecule has 0 unspecified atom stereocenters. The first-order chi connectivity index (χ1) is 8.45. The van der Waals surface area contributed by atoms with Gasteiger partial charge in [0.05, 0.1) is 19.2 Å². The average Bonchev–Trinajstić information content (AvgIpc) is 2.37. The van der Waals surface area contributed by atoms with Crippen molar-refractivity contribution >= 4 is 5.91 Å². The molecule has 1 rings (SSSR count). The zero-order valence-corrected chi connectivity index (χ0v) is 11.4. The van der Waals surface area contributed by atoms with Crippen molar-refractivity contribution in [3.05, 3.63) is 29.8 Å². The van der Waals surface area contributed by atoms with E-state index in [0.29, 0.717) is 0 Å². The van der Waals surface area contributed by atoms with E-state index in [1.807, 2.05) is 45.0 Å². The molecule has 3 N–H and O–H groups in total. The molecule has 2 atom stereocenters. The van der Waals surface area contributed by atoms with Gasteiger partial charge in [-0.3, -0.25) is 4.79 Å². The van der Waals surface area contributed by atoms with Crippen molar-refractivity contribution in [1.82, 2.24) is 5.32 Å². The van der Waals surface area contributed by atoms with E-state index in [4.69, 9.17) is 10.5 Å². The number of carbonyl (C=O) groups excluding carboxylic acids is 1. The van der Waals surface area contributed by atoms with Crippen LogP contribution in [0.4, 0.5) is 0 Å². The van der Waals surface area contributed by atoms with Crippen LogP contribution in [0.15, 0.2) is 24.3 Å². The topological polar surface area (TPSA) is 64.3 Å². The quantitative estimate of drug-likeness (QED) is 0.838. The molecule has 0 saturated carbocycles. The first kappa shape index (κ1) is 14.5. The number of rotatable bonds is 5. The summed E-state index contributed by atoms with van der Waals surface area (Å²) in [6, 6.07) is 7.09. The molecular formula is C14H22N2O2. The first-order valence-corrected chi connectivity index (χ1v) is 6.15. The normalized spacial score (nSPS) is 14.1. The Bertz CT molecular complexity index is 387. The molecule has 0 aliphatic carbocycles. The second kappa shape index (κ2) is 6.40. The van der Waals surface area contributed by atoms with Crippen molar-refractivity contribution in [2.24, 2.45) is 11.7 Å². The molecule has 0 radical (unpaired) electrons. The maximum Gasteiger partial charge on any atom is 0.237 e. The molecule has 4 nitrogen and oxygen atoms in total. The minimum Gasteiger partial charge on any atom is -0.497 e. The molecule has 0 aliphatic heterocycles. The van der Waals surface area contributed by atoms with Crippen LogP contribution in [-0.2, 0) is 4.79 Å². The third-order valence-electron chi connectivity index (χ3n) is 3.00. The van der Waals surface area contributed by atoms with Crippen molar-refractivity contribution < 1.29 is 9.53 Å². The highest BCUT2D eigenvalue weighted by molar-refractivity contribution is 5.82. The van der Waals surface area contributed by atoms with Crippen LogP contribution in [0.25, 0.3) is 0 Å².